The summed E-state index contributed by atoms with van der Waals surface area (Å²) in [6.45, 7) is 7.75. The molecule has 1 heterocycles. The molecular weight excluding hydrogens is 288 g/mol. The van der Waals surface area contributed by atoms with Gasteiger partial charge < -0.3 is 4.42 Å². The third kappa shape index (κ3) is 3.71. The maximum absolute atomic E-state index is 12.2. The standard InChI is InChI=1S/C15H20N2O3S/c1-10(2)13-5-7-14(8-6-13)21(18,19)16-9-15-11(3)17-12(4)20-15/h5-8,10,16H,9H2,1-4H3. The summed E-state index contributed by atoms with van der Waals surface area (Å²) in [6, 6.07) is 6.92. The summed E-state index contributed by atoms with van der Waals surface area (Å²) in [5, 5.41) is 0. The number of sulfonamides is 1. The highest BCUT2D eigenvalue weighted by atomic mass is 32.2. The molecule has 6 heteroatoms. The van der Waals surface area contributed by atoms with Crippen LogP contribution in [0.4, 0.5) is 0 Å². The first-order valence-electron chi connectivity index (χ1n) is 6.82. The Hall–Kier alpha value is -1.66. The van der Waals surface area contributed by atoms with Gasteiger partial charge in [0.25, 0.3) is 0 Å². The van der Waals surface area contributed by atoms with E-state index in [2.05, 4.69) is 23.6 Å². The van der Waals surface area contributed by atoms with E-state index in [-0.39, 0.29) is 11.4 Å². The molecule has 0 unspecified atom stereocenters. The van der Waals surface area contributed by atoms with Gasteiger partial charge in [-0.2, -0.15) is 0 Å². The molecule has 0 radical (unpaired) electrons. The van der Waals surface area contributed by atoms with Crippen molar-refractivity contribution in [3.05, 3.63) is 47.2 Å². The minimum Gasteiger partial charge on any atom is -0.444 e. The quantitative estimate of drug-likeness (QED) is 0.922. The average molecular weight is 308 g/mol. The Bertz CT molecular complexity index is 716. The van der Waals surface area contributed by atoms with Crippen LogP contribution in [0.25, 0.3) is 0 Å². The van der Waals surface area contributed by atoms with Crippen molar-refractivity contribution in [3.8, 4) is 0 Å². The van der Waals surface area contributed by atoms with E-state index in [0.717, 1.165) is 5.56 Å². The normalized spacial score (nSPS) is 12.0. The van der Waals surface area contributed by atoms with E-state index in [1.807, 2.05) is 12.1 Å². The fourth-order valence-corrected chi connectivity index (χ4v) is 3.00. The SMILES string of the molecule is Cc1nc(C)c(CNS(=O)(=O)c2ccc(C(C)C)cc2)o1. The molecule has 0 bridgehead atoms. The largest absolute Gasteiger partial charge is 0.444 e. The second-order valence-corrected chi connectivity index (χ2v) is 7.06. The Kier molecular flexibility index (Phi) is 4.49. The van der Waals surface area contributed by atoms with E-state index < -0.39 is 10.0 Å². The van der Waals surface area contributed by atoms with Gasteiger partial charge >= 0.3 is 0 Å². The molecular formula is C15H20N2O3S. The fourth-order valence-electron chi connectivity index (χ4n) is 2.01. The highest BCUT2D eigenvalue weighted by molar-refractivity contribution is 7.89. The molecule has 114 valence electrons. The molecule has 0 spiro atoms. The highest BCUT2D eigenvalue weighted by Gasteiger charge is 2.16. The summed E-state index contributed by atoms with van der Waals surface area (Å²) >= 11 is 0. The van der Waals surface area contributed by atoms with E-state index >= 15 is 0 Å². The molecule has 0 aliphatic carbocycles. The summed E-state index contributed by atoms with van der Waals surface area (Å²) in [5.74, 6) is 1.44. The van der Waals surface area contributed by atoms with Crippen LogP contribution < -0.4 is 4.72 Å². The minimum atomic E-state index is -3.55. The first-order valence-corrected chi connectivity index (χ1v) is 8.30. The van der Waals surface area contributed by atoms with Gasteiger partial charge in [-0.1, -0.05) is 26.0 Å². The van der Waals surface area contributed by atoms with Crippen LogP contribution in [0.2, 0.25) is 0 Å². The summed E-state index contributed by atoms with van der Waals surface area (Å²) in [5.41, 5.74) is 1.81. The number of nitrogens with zero attached hydrogens (tertiary/aromatic N) is 1. The number of aryl methyl sites for hydroxylation is 2. The number of oxazole rings is 1. The van der Waals surface area contributed by atoms with Gasteiger partial charge in [0.15, 0.2) is 5.89 Å². The lowest BCUT2D eigenvalue weighted by molar-refractivity contribution is 0.466. The Balaban J connectivity index is 2.13. The van der Waals surface area contributed by atoms with Gasteiger partial charge in [0.1, 0.15) is 5.76 Å². The van der Waals surface area contributed by atoms with Crippen molar-refractivity contribution in [2.75, 3.05) is 0 Å². The molecule has 0 amide bonds. The highest BCUT2D eigenvalue weighted by Crippen LogP contribution is 2.18. The summed E-state index contributed by atoms with van der Waals surface area (Å²) in [7, 11) is -3.55. The van der Waals surface area contributed by atoms with E-state index in [1.165, 1.54) is 0 Å². The lowest BCUT2D eigenvalue weighted by Gasteiger charge is -2.08. The van der Waals surface area contributed by atoms with Crippen LogP contribution in [0, 0.1) is 13.8 Å². The molecule has 0 saturated carbocycles. The first-order chi connectivity index (χ1) is 9.79. The second kappa shape index (κ2) is 5.99. The van der Waals surface area contributed by atoms with E-state index in [1.54, 1.807) is 26.0 Å². The van der Waals surface area contributed by atoms with Crippen LogP contribution >= 0.6 is 0 Å². The molecule has 0 aliphatic heterocycles. The van der Waals surface area contributed by atoms with Gasteiger partial charge in [-0.15, -0.1) is 0 Å². The zero-order valence-electron chi connectivity index (χ0n) is 12.7. The van der Waals surface area contributed by atoms with Gasteiger partial charge in [0.05, 0.1) is 17.1 Å². The Morgan fingerprint density at radius 2 is 1.81 bits per heavy atom. The van der Waals surface area contributed by atoms with Crippen LogP contribution in [0.1, 0.15) is 42.7 Å². The summed E-state index contributed by atoms with van der Waals surface area (Å²) in [4.78, 5) is 4.36. The summed E-state index contributed by atoms with van der Waals surface area (Å²) in [6.07, 6.45) is 0. The number of nitrogens with one attached hydrogen (secondary N) is 1. The molecule has 2 aromatic rings. The monoisotopic (exact) mass is 308 g/mol. The topological polar surface area (TPSA) is 72.2 Å². The average Bonchev–Trinajstić information content (AvgIpc) is 2.75. The molecule has 0 fully saturated rings. The van der Waals surface area contributed by atoms with Gasteiger partial charge in [-0.05, 0) is 30.5 Å². The minimum absolute atomic E-state index is 0.0982. The first kappa shape index (κ1) is 15.7. The Morgan fingerprint density at radius 1 is 1.19 bits per heavy atom. The van der Waals surface area contributed by atoms with Crippen LogP contribution in [-0.2, 0) is 16.6 Å². The number of hydrogen-bond donors (Lipinski definition) is 1. The van der Waals surface area contributed by atoms with E-state index in [0.29, 0.717) is 23.3 Å². The molecule has 2 rings (SSSR count). The maximum atomic E-state index is 12.2. The lowest BCUT2D eigenvalue weighted by Crippen LogP contribution is -2.23. The van der Waals surface area contributed by atoms with Gasteiger partial charge in [0.2, 0.25) is 10.0 Å². The van der Waals surface area contributed by atoms with Crippen molar-refractivity contribution in [2.45, 2.75) is 45.1 Å². The molecule has 0 atom stereocenters. The Morgan fingerprint density at radius 3 is 2.29 bits per heavy atom. The van der Waals surface area contributed by atoms with E-state index in [4.69, 9.17) is 4.42 Å². The third-order valence-electron chi connectivity index (χ3n) is 3.28. The van der Waals surface area contributed by atoms with Crippen molar-refractivity contribution in [1.29, 1.82) is 0 Å². The van der Waals surface area contributed by atoms with Crippen LogP contribution in [0.5, 0.6) is 0 Å². The van der Waals surface area contributed by atoms with Crippen LogP contribution in [0.3, 0.4) is 0 Å². The van der Waals surface area contributed by atoms with Crippen molar-refractivity contribution < 1.29 is 12.8 Å². The molecule has 1 aromatic carbocycles. The van der Waals surface area contributed by atoms with Crippen LogP contribution in [-0.4, -0.2) is 13.4 Å². The molecule has 0 saturated heterocycles. The number of aromatic nitrogens is 1. The fraction of sp³-hybridized carbons (Fsp3) is 0.400. The smallest absolute Gasteiger partial charge is 0.240 e. The predicted octanol–water partition coefficient (Wildman–Crippen LogP) is 2.89. The zero-order chi connectivity index (χ0) is 15.6. The predicted molar refractivity (Wildman–Crippen MR) is 80.5 cm³/mol. The van der Waals surface area contributed by atoms with Gasteiger partial charge in [-0.3, -0.25) is 0 Å². The van der Waals surface area contributed by atoms with Crippen molar-refractivity contribution in [2.24, 2.45) is 0 Å². The van der Waals surface area contributed by atoms with Crippen molar-refractivity contribution in [1.82, 2.24) is 9.71 Å². The van der Waals surface area contributed by atoms with Crippen molar-refractivity contribution >= 4 is 10.0 Å². The lowest BCUT2D eigenvalue weighted by atomic mass is 10.0. The van der Waals surface area contributed by atoms with Gasteiger partial charge in [-0.25, -0.2) is 18.1 Å². The number of rotatable bonds is 5. The third-order valence-corrected chi connectivity index (χ3v) is 4.70. The number of hydrogen-bond acceptors (Lipinski definition) is 4. The maximum Gasteiger partial charge on any atom is 0.240 e. The van der Waals surface area contributed by atoms with Crippen LogP contribution in [0.15, 0.2) is 33.6 Å². The number of benzene rings is 1. The zero-order valence-corrected chi connectivity index (χ0v) is 13.5. The molecule has 1 aromatic heterocycles. The summed E-state index contributed by atoms with van der Waals surface area (Å²) < 4.78 is 32.4. The van der Waals surface area contributed by atoms with E-state index in [9.17, 15) is 8.42 Å². The second-order valence-electron chi connectivity index (χ2n) is 5.29. The van der Waals surface area contributed by atoms with Crippen molar-refractivity contribution in [3.63, 3.8) is 0 Å². The Labute approximate surface area is 125 Å². The molecule has 5 nitrogen and oxygen atoms in total. The molecule has 0 aliphatic rings. The molecule has 21 heavy (non-hydrogen) atoms. The molecule has 1 N–H and O–H groups in total. The van der Waals surface area contributed by atoms with Gasteiger partial charge in [0, 0.05) is 6.92 Å².